The molecule has 2 aliphatic rings. The third-order valence-electron chi connectivity index (χ3n) is 4.47. The van der Waals surface area contributed by atoms with Crippen LogP contribution >= 0.6 is 0 Å². The summed E-state index contributed by atoms with van der Waals surface area (Å²) in [5.41, 5.74) is 0.491. The number of hydrogen-bond acceptors (Lipinski definition) is 3. The second-order valence-corrected chi connectivity index (χ2v) is 6.18. The van der Waals surface area contributed by atoms with E-state index < -0.39 is 5.54 Å². The second kappa shape index (κ2) is 5.56. The number of para-hydroxylation sites is 1. The number of hydrogen-bond donors (Lipinski definition) is 3. The molecule has 2 atom stereocenters. The van der Waals surface area contributed by atoms with Crippen LogP contribution in [0.1, 0.15) is 37.8 Å². The molecule has 1 aromatic carbocycles. The van der Waals surface area contributed by atoms with Crippen LogP contribution in [0.2, 0.25) is 0 Å². The van der Waals surface area contributed by atoms with Gasteiger partial charge >= 0.3 is 6.03 Å². The predicted molar refractivity (Wildman–Crippen MR) is 79.2 cm³/mol. The Balaban J connectivity index is 1.66. The minimum Gasteiger partial charge on any atom is -0.493 e. The lowest BCUT2D eigenvalue weighted by Crippen LogP contribution is -2.54. The molecule has 0 aromatic heterocycles. The van der Waals surface area contributed by atoms with Gasteiger partial charge in [-0.2, -0.15) is 0 Å². The molecule has 0 spiro atoms. The van der Waals surface area contributed by atoms with E-state index in [1.54, 1.807) is 0 Å². The Morgan fingerprint density at radius 3 is 2.86 bits per heavy atom. The van der Waals surface area contributed by atoms with Gasteiger partial charge in [0, 0.05) is 12.0 Å². The van der Waals surface area contributed by atoms with Crippen LogP contribution < -0.4 is 15.4 Å². The van der Waals surface area contributed by atoms with E-state index in [4.69, 9.17) is 4.74 Å². The number of ether oxygens (including phenoxy) is 1. The van der Waals surface area contributed by atoms with Crippen LogP contribution in [-0.4, -0.2) is 29.9 Å². The van der Waals surface area contributed by atoms with Crippen molar-refractivity contribution in [2.45, 2.75) is 37.8 Å². The first-order valence-electron chi connectivity index (χ1n) is 7.53. The van der Waals surface area contributed by atoms with Gasteiger partial charge in [-0.3, -0.25) is 0 Å². The molecule has 1 aliphatic carbocycles. The van der Waals surface area contributed by atoms with Crippen molar-refractivity contribution in [3.8, 4) is 5.75 Å². The first-order chi connectivity index (χ1) is 10.1. The highest BCUT2D eigenvalue weighted by atomic mass is 16.5. The maximum Gasteiger partial charge on any atom is 0.315 e. The lowest BCUT2D eigenvalue weighted by atomic mass is 9.97. The topological polar surface area (TPSA) is 70.6 Å². The average Bonchev–Trinajstić information content (AvgIpc) is 3.32. The van der Waals surface area contributed by atoms with Gasteiger partial charge < -0.3 is 20.5 Å². The van der Waals surface area contributed by atoms with Gasteiger partial charge in [-0.15, -0.1) is 0 Å². The molecular formula is C16H22N2O3. The molecule has 114 valence electrons. The first kappa shape index (κ1) is 14.2. The predicted octanol–water partition coefficient (Wildman–Crippen LogP) is 1.97. The maximum atomic E-state index is 12.3. The molecular weight excluding hydrogens is 268 g/mol. The number of rotatable bonds is 4. The molecule has 2 amide bonds. The standard InChI is InChI=1S/C16H22N2O3/c1-16(10-19,11-6-7-11)18-15(20)17-13-8-9-21-14-5-3-2-4-12(13)14/h2-5,11,13,19H,6-10H2,1H3,(H2,17,18,20). The monoisotopic (exact) mass is 290 g/mol. The summed E-state index contributed by atoms with van der Waals surface area (Å²) in [5.74, 6) is 1.22. The molecule has 0 saturated heterocycles. The number of fused-ring (bicyclic) bond motifs is 1. The van der Waals surface area contributed by atoms with Crippen molar-refractivity contribution >= 4 is 6.03 Å². The normalized spacial score (nSPS) is 23.4. The van der Waals surface area contributed by atoms with E-state index in [0.717, 1.165) is 30.6 Å². The second-order valence-electron chi connectivity index (χ2n) is 6.18. The summed E-state index contributed by atoms with van der Waals surface area (Å²) in [6.45, 7) is 2.47. The molecule has 3 rings (SSSR count). The Hall–Kier alpha value is -1.75. The summed E-state index contributed by atoms with van der Waals surface area (Å²) in [6.07, 6.45) is 2.89. The lowest BCUT2D eigenvalue weighted by Gasteiger charge is -2.31. The summed E-state index contributed by atoms with van der Waals surface area (Å²) in [4.78, 5) is 12.3. The fraction of sp³-hybridized carbons (Fsp3) is 0.562. The SMILES string of the molecule is CC(CO)(NC(=O)NC1CCOc2ccccc21)C1CC1. The van der Waals surface area contributed by atoms with Crippen molar-refractivity contribution < 1.29 is 14.6 Å². The van der Waals surface area contributed by atoms with Gasteiger partial charge in [0.2, 0.25) is 0 Å². The summed E-state index contributed by atoms with van der Waals surface area (Å²) in [6, 6.07) is 7.51. The smallest absolute Gasteiger partial charge is 0.315 e. The van der Waals surface area contributed by atoms with Crippen LogP contribution in [-0.2, 0) is 0 Å². The van der Waals surface area contributed by atoms with Crippen molar-refractivity contribution in [1.82, 2.24) is 10.6 Å². The molecule has 5 heteroatoms. The van der Waals surface area contributed by atoms with E-state index in [-0.39, 0.29) is 18.7 Å². The molecule has 1 saturated carbocycles. The van der Waals surface area contributed by atoms with Gasteiger partial charge in [0.05, 0.1) is 24.8 Å². The summed E-state index contributed by atoms with van der Waals surface area (Å²) in [7, 11) is 0. The summed E-state index contributed by atoms with van der Waals surface area (Å²) >= 11 is 0. The van der Waals surface area contributed by atoms with Crippen molar-refractivity contribution in [2.24, 2.45) is 5.92 Å². The van der Waals surface area contributed by atoms with Gasteiger partial charge in [-0.25, -0.2) is 4.79 Å². The molecule has 1 aromatic rings. The number of aliphatic hydroxyl groups is 1. The fourth-order valence-corrected chi connectivity index (χ4v) is 2.94. The number of urea groups is 1. The van der Waals surface area contributed by atoms with Crippen molar-refractivity contribution in [3.05, 3.63) is 29.8 Å². The van der Waals surface area contributed by atoms with Crippen molar-refractivity contribution in [1.29, 1.82) is 0 Å². The third kappa shape index (κ3) is 2.97. The molecule has 1 heterocycles. The zero-order chi connectivity index (χ0) is 14.9. The van der Waals surface area contributed by atoms with Gasteiger partial charge in [0.25, 0.3) is 0 Å². The quantitative estimate of drug-likeness (QED) is 0.794. The Labute approximate surface area is 124 Å². The molecule has 3 N–H and O–H groups in total. The number of nitrogens with one attached hydrogen (secondary N) is 2. The van der Waals surface area contributed by atoms with Crippen LogP contribution in [0.25, 0.3) is 0 Å². The van der Waals surface area contributed by atoms with Crippen LogP contribution in [0.15, 0.2) is 24.3 Å². The fourth-order valence-electron chi connectivity index (χ4n) is 2.94. The van der Waals surface area contributed by atoms with Gasteiger partial charge in [-0.05, 0) is 31.7 Å². The molecule has 1 fully saturated rings. The van der Waals surface area contributed by atoms with Crippen molar-refractivity contribution in [2.75, 3.05) is 13.2 Å². The van der Waals surface area contributed by atoms with E-state index in [0.29, 0.717) is 12.5 Å². The lowest BCUT2D eigenvalue weighted by molar-refractivity contribution is 0.152. The van der Waals surface area contributed by atoms with Crippen LogP contribution in [0, 0.1) is 5.92 Å². The number of benzene rings is 1. The van der Waals surface area contributed by atoms with Crippen molar-refractivity contribution in [3.63, 3.8) is 0 Å². The van der Waals surface area contributed by atoms with E-state index in [9.17, 15) is 9.90 Å². The Morgan fingerprint density at radius 2 is 2.14 bits per heavy atom. The highest BCUT2D eigenvalue weighted by Gasteiger charge is 2.42. The van der Waals surface area contributed by atoms with E-state index in [1.165, 1.54) is 0 Å². The number of carbonyl (C=O) groups excluding carboxylic acids is 1. The van der Waals surface area contributed by atoms with Crippen LogP contribution in [0.4, 0.5) is 4.79 Å². The van der Waals surface area contributed by atoms with Gasteiger partial charge in [0.1, 0.15) is 5.75 Å². The Bertz CT molecular complexity index is 530. The van der Waals surface area contributed by atoms with Crippen LogP contribution in [0.3, 0.4) is 0 Å². The van der Waals surface area contributed by atoms with E-state index in [2.05, 4.69) is 10.6 Å². The zero-order valence-corrected chi connectivity index (χ0v) is 12.3. The van der Waals surface area contributed by atoms with E-state index >= 15 is 0 Å². The molecule has 1 aliphatic heterocycles. The minimum absolute atomic E-state index is 0.0323. The Morgan fingerprint density at radius 1 is 1.38 bits per heavy atom. The molecule has 2 unspecified atom stereocenters. The summed E-state index contributed by atoms with van der Waals surface area (Å²) < 4.78 is 5.59. The highest BCUT2D eigenvalue weighted by Crippen LogP contribution is 2.39. The zero-order valence-electron chi connectivity index (χ0n) is 12.3. The molecule has 0 bridgehead atoms. The number of aliphatic hydroxyl groups excluding tert-OH is 1. The summed E-state index contributed by atoms with van der Waals surface area (Å²) in [5, 5.41) is 15.5. The third-order valence-corrected chi connectivity index (χ3v) is 4.47. The van der Waals surface area contributed by atoms with Gasteiger partial charge in [0.15, 0.2) is 0 Å². The highest BCUT2D eigenvalue weighted by molar-refractivity contribution is 5.75. The van der Waals surface area contributed by atoms with E-state index in [1.807, 2.05) is 31.2 Å². The van der Waals surface area contributed by atoms with Crippen LogP contribution in [0.5, 0.6) is 5.75 Å². The average molecular weight is 290 g/mol. The molecule has 5 nitrogen and oxygen atoms in total. The Kier molecular flexibility index (Phi) is 3.76. The number of amides is 2. The minimum atomic E-state index is -0.519. The maximum absolute atomic E-state index is 12.3. The number of carbonyl (C=O) groups is 1. The molecule has 0 radical (unpaired) electrons. The largest absolute Gasteiger partial charge is 0.493 e. The molecule has 21 heavy (non-hydrogen) atoms. The first-order valence-corrected chi connectivity index (χ1v) is 7.53. The van der Waals surface area contributed by atoms with Gasteiger partial charge in [-0.1, -0.05) is 18.2 Å².